The van der Waals surface area contributed by atoms with Gasteiger partial charge in [0, 0.05) is 34.9 Å². The fourth-order valence-corrected chi connectivity index (χ4v) is 2.80. The average Bonchev–Trinajstić information content (AvgIpc) is 2.98. The molecule has 0 bridgehead atoms. The van der Waals surface area contributed by atoms with Gasteiger partial charge in [0.2, 0.25) is 0 Å². The number of hydrogen-bond acceptors (Lipinski definition) is 7. The summed E-state index contributed by atoms with van der Waals surface area (Å²) in [7, 11) is 2.29. The number of fused-ring (bicyclic) bond motifs is 1. The van der Waals surface area contributed by atoms with E-state index in [9.17, 15) is 14.2 Å². The van der Waals surface area contributed by atoms with Crippen molar-refractivity contribution in [1.82, 2.24) is 18.7 Å². The molecule has 0 aromatic carbocycles. The molecule has 2 aromatic rings. The highest BCUT2D eigenvalue weighted by Gasteiger charge is 2.21. The van der Waals surface area contributed by atoms with Gasteiger partial charge in [-0.25, -0.2) is 9.78 Å². The third kappa shape index (κ3) is 3.30. The van der Waals surface area contributed by atoms with Crippen molar-refractivity contribution in [2.45, 2.75) is 6.54 Å². The van der Waals surface area contributed by atoms with Crippen LogP contribution in [0.2, 0.25) is 0 Å². The predicted octanol–water partition coefficient (Wildman–Crippen LogP) is -0.106. The van der Waals surface area contributed by atoms with Crippen molar-refractivity contribution in [2.24, 2.45) is 14.1 Å². The van der Waals surface area contributed by atoms with Gasteiger partial charge in [0.05, 0.1) is 12.9 Å². The molecule has 0 atom stereocenters. The number of ether oxygens (including phenoxy) is 1. The Morgan fingerprint density at radius 3 is 2.43 bits per heavy atom. The van der Waals surface area contributed by atoms with Crippen LogP contribution in [0.5, 0.6) is 0 Å². The molecule has 0 aliphatic heterocycles. The Bertz CT molecular complexity index is 859. The predicted molar refractivity (Wildman–Crippen MR) is 82.7 cm³/mol. The number of nitrogens with zero attached hydrogens (tertiary/aromatic N) is 4. The van der Waals surface area contributed by atoms with E-state index >= 15 is 0 Å². The second-order valence-corrected chi connectivity index (χ2v) is 7.04. The third-order valence-corrected chi connectivity index (χ3v) is 5.11. The quantitative estimate of drug-likeness (QED) is 0.509. The van der Waals surface area contributed by atoms with E-state index < -0.39 is 18.8 Å². The summed E-state index contributed by atoms with van der Waals surface area (Å²) < 4.78 is 30.5. The molecule has 2 aromatic heterocycles. The van der Waals surface area contributed by atoms with Crippen LogP contribution in [0.1, 0.15) is 0 Å². The van der Waals surface area contributed by atoms with Crippen LogP contribution < -0.4 is 11.2 Å². The van der Waals surface area contributed by atoms with Crippen LogP contribution in [0.3, 0.4) is 0 Å². The first-order chi connectivity index (χ1) is 10.8. The first kappa shape index (κ1) is 17.6. The van der Waals surface area contributed by atoms with E-state index in [1.165, 1.54) is 32.2 Å². The van der Waals surface area contributed by atoms with Gasteiger partial charge in [0.1, 0.15) is 6.35 Å². The molecule has 0 aliphatic rings. The highest BCUT2D eigenvalue weighted by atomic mass is 31.2. The minimum absolute atomic E-state index is 0.175. The molecule has 0 saturated carbocycles. The molecule has 0 radical (unpaired) electrons. The average molecular weight is 346 g/mol. The van der Waals surface area contributed by atoms with Crippen molar-refractivity contribution >= 4 is 18.8 Å². The Balaban J connectivity index is 2.18. The summed E-state index contributed by atoms with van der Waals surface area (Å²) in [5.41, 5.74) is -0.261. The van der Waals surface area contributed by atoms with Gasteiger partial charge in [-0.05, 0) is 0 Å². The molecule has 0 saturated heterocycles. The van der Waals surface area contributed by atoms with Crippen molar-refractivity contribution in [3.05, 3.63) is 27.2 Å². The lowest BCUT2D eigenvalue weighted by Crippen LogP contribution is -2.37. The fraction of sp³-hybridized carbons (Fsp3) is 0.583. The van der Waals surface area contributed by atoms with Gasteiger partial charge in [0.15, 0.2) is 11.2 Å². The molecule has 11 heteroatoms. The van der Waals surface area contributed by atoms with Gasteiger partial charge in [-0.2, -0.15) is 0 Å². The molecule has 0 N–H and O–H groups in total. The van der Waals surface area contributed by atoms with Crippen LogP contribution in [0.25, 0.3) is 11.2 Å². The first-order valence-electron chi connectivity index (χ1n) is 6.73. The van der Waals surface area contributed by atoms with Gasteiger partial charge < -0.3 is 18.4 Å². The highest BCUT2D eigenvalue weighted by molar-refractivity contribution is 7.53. The van der Waals surface area contributed by atoms with Gasteiger partial charge in [-0.3, -0.25) is 18.5 Å². The number of aryl methyl sites for hydroxylation is 1. The van der Waals surface area contributed by atoms with E-state index in [1.807, 2.05) is 0 Å². The summed E-state index contributed by atoms with van der Waals surface area (Å²) in [6, 6.07) is 0. The Morgan fingerprint density at radius 1 is 1.17 bits per heavy atom. The van der Waals surface area contributed by atoms with Crippen LogP contribution in [0, 0.1) is 0 Å². The largest absolute Gasteiger partial charge is 0.367 e. The number of imidazole rings is 1. The molecule has 0 fully saturated rings. The molecule has 0 spiro atoms. The maximum Gasteiger partial charge on any atom is 0.355 e. The summed E-state index contributed by atoms with van der Waals surface area (Å²) in [6.07, 6.45) is 1.27. The van der Waals surface area contributed by atoms with Crippen molar-refractivity contribution in [3.8, 4) is 0 Å². The van der Waals surface area contributed by atoms with E-state index in [4.69, 9.17) is 13.8 Å². The van der Waals surface area contributed by atoms with E-state index in [0.717, 1.165) is 4.57 Å². The fourth-order valence-electron chi connectivity index (χ4n) is 2.09. The molecule has 2 rings (SSSR count). The van der Waals surface area contributed by atoms with E-state index in [-0.39, 0.29) is 13.0 Å². The van der Waals surface area contributed by atoms with Crippen molar-refractivity contribution < 1.29 is 18.3 Å². The van der Waals surface area contributed by atoms with Gasteiger partial charge in [-0.15, -0.1) is 0 Å². The lowest BCUT2D eigenvalue weighted by molar-refractivity contribution is 0.139. The maximum absolute atomic E-state index is 12.2. The summed E-state index contributed by atoms with van der Waals surface area (Å²) in [4.78, 5) is 28.2. The number of rotatable bonds is 7. The van der Waals surface area contributed by atoms with Crippen molar-refractivity contribution in [2.75, 3.05) is 27.2 Å². The molecule has 128 valence electrons. The monoisotopic (exact) mass is 346 g/mol. The first-order valence-corrected chi connectivity index (χ1v) is 8.46. The lowest BCUT2D eigenvalue weighted by Gasteiger charge is -2.13. The molecular weight excluding hydrogens is 327 g/mol. The number of hydrogen-bond donors (Lipinski definition) is 0. The van der Waals surface area contributed by atoms with Crippen molar-refractivity contribution in [3.63, 3.8) is 0 Å². The van der Waals surface area contributed by atoms with Crippen LogP contribution in [0.15, 0.2) is 15.9 Å². The van der Waals surface area contributed by atoms with Gasteiger partial charge >= 0.3 is 13.3 Å². The van der Waals surface area contributed by atoms with Gasteiger partial charge in [-0.1, -0.05) is 0 Å². The minimum Gasteiger partial charge on any atom is -0.367 e. The van der Waals surface area contributed by atoms with Crippen LogP contribution in [-0.4, -0.2) is 45.9 Å². The van der Waals surface area contributed by atoms with Crippen LogP contribution >= 0.6 is 7.60 Å². The molecule has 10 nitrogen and oxygen atoms in total. The second kappa shape index (κ2) is 6.79. The smallest absolute Gasteiger partial charge is 0.355 e. The standard InChI is InChI=1S/C12H19N4O6P/c1-14-10-9(11(17)15(2)12(14)18)16(7-13-10)5-6-22-8-23(19,20-3)21-4/h7H,5-6,8H2,1-4H3. The summed E-state index contributed by atoms with van der Waals surface area (Å²) >= 11 is 0. The Hall–Kier alpha value is -1.74. The van der Waals surface area contributed by atoms with E-state index in [1.54, 1.807) is 11.6 Å². The zero-order valence-corrected chi connectivity index (χ0v) is 14.3. The SMILES string of the molecule is COP(=O)(COCCn1cnc2c1c(=O)n(C)c(=O)n2C)OC. The third-order valence-electron chi connectivity index (χ3n) is 3.50. The van der Waals surface area contributed by atoms with Crippen LogP contribution in [-0.2, 0) is 39.0 Å². The molecule has 0 unspecified atom stereocenters. The Kier molecular flexibility index (Phi) is 5.20. The topological polar surface area (TPSA) is 107 Å². The Labute approximate surface area is 131 Å². The Morgan fingerprint density at radius 2 is 1.83 bits per heavy atom. The zero-order chi connectivity index (χ0) is 17.2. The summed E-state index contributed by atoms with van der Waals surface area (Å²) in [5.74, 6) is 0. The molecule has 23 heavy (non-hydrogen) atoms. The normalized spacial score (nSPS) is 12.2. The number of aromatic nitrogens is 4. The van der Waals surface area contributed by atoms with E-state index in [0.29, 0.717) is 17.7 Å². The second-order valence-electron chi connectivity index (χ2n) is 4.83. The molecule has 0 amide bonds. The zero-order valence-electron chi connectivity index (χ0n) is 13.4. The maximum atomic E-state index is 12.2. The molecule has 0 aliphatic carbocycles. The van der Waals surface area contributed by atoms with Gasteiger partial charge in [0.25, 0.3) is 5.56 Å². The lowest BCUT2D eigenvalue weighted by atomic mass is 10.5. The minimum atomic E-state index is -3.23. The summed E-state index contributed by atoms with van der Waals surface area (Å²) in [6.45, 7) is 0.478. The molecular formula is C12H19N4O6P. The molecule has 2 heterocycles. The summed E-state index contributed by atoms with van der Waals surface area (Å²) in [5, 5.41) is 0. The van der Waals surface area contributed by atoms with Crippen LogP contribution in [0.4, 0.5) is 0 Å². The van der Waals surface area contributed by atoms with Crippen molar-refractivity contribution in [1.29, 1.82) is 0 Å². The van der Waals surface area contributed by atoms with E-state index in [2.05, 4.69) is 4.98 Å². The highest BCUT2D eigenvalue weighted by Crippen LogP contribution is 2.45.